The van der Waals surface area contributed by atoms with E-state index in [-0.39, 0.29) is 41.4 Å². The topological polar surface area (TPSA) is 126 Å². The van der Waals surface area contributed by atoms with E-state index in [1.54, 1.807) is 43.5 Å². The van der Waals surface area contributed by atoms with Crippen LogP contribution in [0.2, 0.25) is 0 Å². The van der Waals surface area contributed by atoms with Gasteiger partial charge in [0.05, 0.1) is 17.6 Å². The van der Waals surface area contributed by atoms with Crippen LogP contribution in [0.25, 0.3) is 11.0 Å². The van der Waals surface area contributed by atoms with Crippen molar-refractivity contribution in [2.45, 2.75) is 104 Å². The van der Waals surface area contributed by atoms with E-state index in [4.69, 9.17) is 9.72 Å². The van der Waals surface area contributed by atoms with Gasteiger partial charge < -0.3 is 24.4 Å². The monoisotopic (exact) mass is 658 g/mol. The van der Waals surface area contributed by atoms with E-state index >= 15 is 0 Å². The summed E-state index contributed by atoms with van der Waals surface area (Å²) in [6, 6.07) is 5.47. The van der Waals surface area contributed by atoms with Crippen molar-refractivity contribution < 1.29 is 19.1 Å². The van der Waals surface area contributed by atoms with Gasteiger partial charge >= 0.3 is 6.09 Å². The number of carbonyl (C=O) groups is 3. The van der Waals surface area contributed by atoms with Crippen molar-refractivity contribution >= 4 is 40.7 Å². The number of hydrogen-bond donors (Lipinski definition) is 1. The second-order valence-electron chi connectivity index (χ2n) is 16.0. The van der Waals surface area contributed by atoms with Gasteiger partial charge in [0.1, 0.15) is 22.8 Å². The Hall–Kier alpha value is -4.22. The molecule has 2 atom stereocenters. The summed E-state index contributed by atoms with van der Waals surface area (Å²) in [5.74, 6) is 1.36. The van der Waals surface area contributed by atoms with Crippen molar-refractivity contribution in [1.82, 2.24) is 34.2 Å². The van der Waals surface area contributed by atoms with Crippen LogP contribution in [-0.2, 0) is 4.74 Å². The van der Waals surface area contributed by atoms with Crippen molar-refractivity contribution in [3.63, 3.8) is 0 Å². The molecule has 1 saturated carbocycles. The number of piperazine rings is 1. The standard InChI is InChI=1S/C36H50N8O4/c1-35(2,3)24-10-12-25(13-11-24)44-28(32(46)41(7)8)17-23-19-38-33(40-30(23)44)39-29-16-9-22(18-37-29)31(45)42-20-26-14-15-27(21-42)43(26)34(47)48-36(4,5)6/h9,16-19,24-27H,10-15,20-21H2,1-8H3,(H,37,38,39,40)/t24-,25-,26?,27?. The van der Waals surface area contributed by atoms with Crippen LogP contribution in [0.15, 0.2) is 30.6 Å². The number of nitrogens with zero attached hydrogens (tertiary/aromatic N) is 7. The number of anilines is 2. The molecule has 258 valence electrons. The van der Waals surface area contributed by atoms with Crippen molar-refractivity contribution in [3.05, 3.63) is 41.9 Å². The molecule has 2 bridgehead atoms. The number of likely N-dealkylation sites (tertiary alicyclic amines) is 1. The highest BCUT2D eigenvalue weighted by atomic mass is 16.6. The lowest BCUT2D eigenvalue weighted by molar-refractivity contribution is -0.00336. The lowest BCUT2D eigenvalue weighted by atomic mass is 9.71. The van der Waals surface area contributed by atoms with Gasteiger partial charge in [-0.15, -0.1) is 0 Å². The fourth-order valence-corrected chi connectivity index (χ4v) is 7.60. The first-order chi connectivity index (χ1) is 22.6. The fraction of sp³-hybridized carbons (Fsp3) is 0.611. The molecule has 12 nitrogen and oxygen atoms in total. The molecule has 5 heterocycles. The number of rotatable bonds is 5. The molecule has 2 saturated heterocycles. The van der Waals surface area contributed by atoms with Crippen LogP contribution in [0.5, 0.6) is 0 Å². The Bertz CT molecular complexity index is 1660. The number of hydrogen-bond acceptors (Lipinski definition) is 8. The quantitative estimate of drug-likeness (QED) is 0.340. The molecule has 6 rings (SSSR count). The van der Waals surface area contributed by atoms with E-state index in [0.29, 0.717) is 42.0 Å². The van der Waals surface area contributed by atoms with Crippen LogP contribution in [0.1, 0.15) is 107 Å². The maximum absolute atomic E-state index is 13.5. The van der Waals surface area contributed by atoms with Gasteiger partial charge in [0, 0.05) is 51.0 Å². The Morgan fingerprint density at radius 1 is 0.875 bits per heavy atom. The average Bonchev–Trinajstić information content (AvgIpc) is 3.53. The van der Waals surface area contributed by atoms with Crippen LogP contribution in [-0.4, -0.2) is 97.0 Å². The van der Waals surface area contributed by atoms with E-state index < -0.39 is 5.60 Å². The van der Waals surface area contributed by atoms with Crippen LogP contribution in [0.4, 0.5) is 16.6 Å². The van der Waals surface area contributed by atoms with E-state index in [0.717, 1.165) is 49.6 Å². The Kier molecular flexibility index (Phi) is 8.89. The van der Waals surface area contributed by atoms with Crippen molar-refractivity contribution in [3.8, 4) is 0 Å². The third-order valence-corrected chi connectivity index (χ3v) is 10.1. The van der Waals surface area contributed by atoms with Gasteiger partial charge in [0.2, 0.25) is 5.95 Å². The minimum Gasteiger partial charge on any atom is -0.444 e. The molecule has 48 heavy (non-hydrogen) atoms. The molecule has 0 radical (unpaired) electrons. The lowest BCUT2D eigenvalue weighted by Crippen LogP contribution is -2.57. The maximum Gasteiger partial charge on any atom is 0.410 e. The van der Waals surface area contributed by atoms with Crippen LogP contribution < -0.4 is 5.32 Å². The van der Waals surface area contributed by atoms with Crippen molar-refractivity contribution in [2.24, 2.45) is 11.3 Å². The molecule has 3 fully saturated rings. The summed E-state index contributed by atoms with van der Waals surface area (Å²) in [5.41, 5.74) is 1.53. The summed E-state index contributed by atoms with van der Waals surface area (Å²) in [6.45, 7) is 13.5. The lowest BCUT2D eigenvalue weighted by Gasteiger charge is -2.41. The molecule has 0 spiro atoms. The Balaban J connectivity index is 1.17. The van der Waals surface area contributed by atoms with E-state index in [9.17, 15) is 14.4 Å². The molecule has 2 unspecified atom stereocenters. The number of carbonyl (C=O) groups excluding carboxylic acids is 3. The molecule has 3 aromatic heterocycles. The molecule has 3 amide bonds. The largest absolute Gasteiger partial charge is 0.444 e. The maximum atomic E-state index is 13.5. The summed E-state index contributed by atoms with van der Waals surface area (Å²) < 4.78 is 7.75. The highest BCUT2D eigenvalue weighted by molar-refractivity contribution is 5.98. The Labute approximate surface area is 283 Å². The number of amides is 3. The minimum absolute atomic E-state index is 0.0514. The predicted octanol–water partition coefficient (Wildman–Crippen LogP) is 6.27. The Morgan fingerprint density at radius 2 is 1.52 bits per heavy atom. The first-order valence-corrected chi connectivity index (χ1v) is 17.2. The van der Waals surface area contributed by atoms with Crippen molar-refractivity contribution in [1.29, 1.82) is 0 Å². The molecule has 3 aromatic rings. The summed E-state index contributed by atoms with van der Waals surface area (Å²) >= 11 is 0. The summed E-state index contributed by atoms with van der Waals surface area (Å²) in [6.07, 6.45) is 8.90. The van der Waals surface area contributed by atoms with Crippen LogP contribution in [0.3, 0.4) is 0 Å². The molecule has 1 N–H and O–H groups in total. The highest BCUT2D eigenvalue weighted by Gasteiger charge is 2.45. The SMILES string of the molecule is CN(C)C(=O)c1cc2cnc(Nc3ccc(C(=O)N4CC5CCC(C4)N5C(=O)OC(C)(C)C)cn3)nc2n1[C@H]1CC[C@H](C(C)(C)C)CC1. The normalized spacial score (nSPS) is 22.9. The van der Waals surface area contributed by atoms with E-state index in [1.165, 1.54) is 0 Å². The number of ether oxygens (including phenoxy) is 1. The first-order valence-electron chi connectivity index (χ1n) is 17.2. The third-order valence-electron chi connectivity index (χ3n) is 10.1. The zero-order valence-electron chi connectivity index (χ0n) is 29.6. The second kappa shape index (κ2) is 12.7. The third kappa shape index (κ3) is 6.84. The molecular weight excluding hydrogens is 608 g/mol. The molecular formula is C36H50N8O4. The van der Waals surface area contributed by atoms with Crippen LogP contribution >= 0.6 is 0 Å². The smallest absolute Gasteiger partial charge is 0.410 e. The van der Waals surface area contributed by atoms with Crippen molar-refractivity contribution in [2.75, 3.05) is 32.5 Å². The van der Waals surface area contributed by atoms with Gasteiger partial charge in [0.25, 0.3) is 11.8 Å². The molecule has 2 aliphatic heterocycles. The fourth-order valence-electron chi connectivity index (χ4n) is 7.60. The van der Waals surface area contributed by atoms with E-state index in [1.807, 2.05) is 36.6 Å². The zero-order chi connectivity index (χ0) is 34.5. The van der Waals surface area contributed by atoms with Gasteiger partial charge in [0.15, 0.2) is 0 Å². The van der Waals surface area contributed by atoms with Gasteiger partial charge in [-0.2, -0.15) is 4.98 Å². The summed E-state index contributed by atoms with van der Waals surface area (Å²) in [4.78, 5) is 58.8. The minimum atomic E-state index is -0.564. The number of aromatic nitrogens is 4. The number of pyridine rings is 1. The first kappa shape index (κ1) is 33.7. The van der Waals surface area contributed by atoms with E-state index in [2.05, 4.69) is 40.6 Å². The number of nitrogens with one attached hydrogen (secondary N) is 1. The molecule has 1 aliphatic carbocycles. The molecule has 3 aliphatic rings. The van der Waals surface area contributed by atoms with Gasteiger partial charge in [-0.05, 0) is 88.8 Å². The predicted molar refractivity (Wildman–Crippen MR) is 184 cm³/mol. The van der Waals surface area contributed by atoms with Gasteiger partial charge in [-0.3, -0.25) is 14.5 Å². The highest BCUT2D eigenvalue weighted by Crippen LogP contribution is 2.43. The second-order valence-corrected chi connectivity index (χ2v) is 16.0. The van der Waals surface area contributed by atoms with Crippen LogP contribution in [0, 0.1) is 11.3 Å². The average molecular weight is 659 g/mol. The molecule has 12 heteroatoms. The summed E-state index contributed by atoms with van der Waals surface area (Å²) in [7, 11) is 3.54. The van der Waals surface area contributed by atoms with Gasteiger partial charge in [-0.1, -0.05) is 20.8 Å². The summed E-state index contributed by atoms with van der Waals surface area (Å²) in [5, 5.41) is 4.01. The number of fused-ring (bicyclic) bond motifs is 3. The molecule has 0 aromatic carbocycles. The Morgan fingerprint density at radius 3 is 2.08 bits per heavy atom. The van der Waals surface area contributed by atoms with Gasteiger partial charge in [-0.25, -0.2) is 14.8 Å². The zero-order valence-corrected chi connectivity index (χ0v) is 29.6.